The van der Waals surface area contributed by atoms with Gasteiger partial charge in [0.15, 0.2) is 0 Å². The number of hydrogen-bond donors (Lipinski definition) is 1. The summed E-state index contributed by atoms with van der Waals surface area (Å²) in [5.41, 5.74) is 0. The molecule has 0 aliphatic heterocycles. The number of hydrogen-bond acceptors (Lipinski definition) is 4. The van der Waals surface area contributed by atoms with Crippen LogP contribution in [0.25, 0.3) is 0 Å². The van der Waals surface area contributed by atoms with E-state index in [1.807, 2.05) is 0 Å². The first-order valence-corrected chi connectivity index (χ1v) is 6.77. The molecule has 0 bridgehead atoms. The number of carbonyl (C=O) groups is 1. The third kappa shape index (κ3) is 3.98. The lowest BCUT2D eigenvalue weighted by molar-refractivity contribution is -0.137. The molecule has 1 heterocycles. The third-order valence-corrected chi connectivity index (χ3v) is 3.59. The van der Waals surface area contributed by atoms with Crippen LogP contribution in [0.15, 0.2) is 4.42 Å². The van der Waals surface area contributed by atoms with E-state index in [1.165, 1.54) is 0 Å². The van der Waals surface area contributed by atoms with E-state index in [9.17, 15) is 13.6 Å². The molecule has 1 saturated carbocycles. The Morgan fingerprint density at radius 3 is 2.70 bits per heavy atom. The Morgan fingerprint density at radius 2 is 2.10 bits per heavy atom. The number of halogens is 2. The maximum Gasteiger partial charge on any atom is 0.303 e. The first-order valence-electron chi connectivity index (χ1n) is 6.77. The van der Waals surface area contributed by atoms with Gasteiger partial charge in [0.2, 0.25) is 17.7 Å². The standard InChI is InChI=1S/C13H18F2N2O3/c1-8(7-11(18)19)6-10-16-17-12(20-10)9-2-4-13(14,15)5-3-9/h8-9H,2-7H2,1H3,(H,18,19). The molecule has 1 aliphatic rings. The van der Waals surface area contributed by atoms with Crippen molar-refractivity contribution in [3.8, 4) is 0 Å². The Labute approximate surface area is 115 Å². The van der Waals surface area contributed by atoms with Gasteiger partial charge in [-0.25, -0.2) is 8.78 Å². The molecule has 1 N–H and O–H groups in total. The van der Waals surface area contributed by atoms with E-state index in [1.54, 1.807) is 6.92 Å². The van der Waals surface area contributed by atoms with E-state index in [4.69, 9.17) is 9.52 Å². The molecular weight excluding hydrogens is 270 g/mol. The highest BCUT2D eigenvalue weighted by Crippen LogP contribution is 2.40. The summed E-state index contributed by atoms with van der Waals surface area (Å²) in [5, 5.41) is 16.5. The van der Waals surface area contributed by atoms with E-state index >= 15 is 0 Å². The number of aromatic nitrogens is 2. The van der Waals surface area contributed by atoms with Crippen molar-refractivity contribution in [2.45, 2.75) is 57.3 Å². The van der Waals surface area contributed by atoms with Gasteiger partial charge in [0.25, 0.3) is 0 Å². The Hall–Kier alpha value is -1.53. The van der Waals surface area contributed by atoms with Crippen molar-refractivity contribution in [2.75, 3.05) is 0 Å². The van der Waals surface area contributed by atoms with Crippen LogP contribution in [-0.4, -0.2) is 27.2 Å². The van der Waals surface area contributed by atoms with Crippen molar-refractivity contribution in [3.63, 3.8) is 0 Å². The van der Waals surface area contributed by atoms with Crippen LogP contribution in [0.3, 0.4) is 0 Å². The average Bonchev–Trinajstić information content (AvgIpc) is 2.76. The van der Waals surface area contributed by atoms with Crippen molar-refractivity contribution in [2.24, 2.45) is 5.92 Å². The zero-order chi connectivity index (χ0) is 14.8. The highest BCUT2D eigenvalue weighted by atomic mass is 19.3. The second-order valence-electron chi connectivity index (χ2n) is 5.57. The summed E-state index contributed by atoms with van der Waals surface area (Å²) in [5.74, 6) is -2.87. The fourth-order valence-electron chi connectivity index (χ4n) is 2.47. The first kappa shape index (κ1) is 14.9. The Balaban J connectivity index is 1.91. The quantitative estimate of drug-likeness (QED) is 0.901. The van der Waals surface area contributed by atoms with Crippen molar-refractivity contribution in [3.05, 3.63) is 11.8 Å². The van der Waals surface area contributed by atoms with Gasteiger partial charge in [0.05, 0.1) is 0 Å². The van der Waals surface area contributed by atoms with Gasteiger partial charge in [0.1, 0.15) is 0 Å². The molecule has 1 atom stereocenters. The molecule has 0 saturated heterocycles. The maximum absolute atomic E-state index is 13.1. The summed E-state index contributed by atoms with van der Waals surface area (Å²) in [4.78, 5) is 10.6. The highest BCUT2D eigenvalue weighted by Gasteiger charge is 2.37. The normalized spacial score (nSPS) is 20.8. The van der Waals surface area contributed by atoms with Gasteiger partial charge in [-0.15, -0.1) is 10.2 Å². The van der Waals surface area contributed by atoms with Crippen LogP contribution < -0.4 is 0 Å². The molecule has 1 aromatic heterocycles. The number of rotatable bonds is 5. The molecule has 1 aromatic rings. The minimum Gasteiger partial charge on any atom is -0.481 e. The fraction of sp³-hybridized carbons (Fsp3) is 0.769. The SMILES string of the molecule is CC(CC(=O)O)Cc1nnc(C2CCC(F)(F)CC2)o1. The largest absolute Gasteiger partial charge is 0.481 e. The molecule has 2 rings (SSSR count). The van der Waals surface area contributed by atoms with Gasteiger partial charge >= 0.3 is 5.97 Å². The summed E-state index contributed by atoms with van der Waals surface area (Å²) in [6.45, 7) is 1.79. The van der Waals surface area contributed by atoms with Gasteiger partial charge in [0, 0.05) is 31.6 Å². The lowest BCUT2D eigenvalue weighted by atomic mass is 9.87. The van der Waals surface area contributed by atoms with Crippen LogP contribution in [0, 0.1) is 5.92 Å². The number of carboxylic acids is 1. The number of carboxylic acid groups (broad SMARTS) is 1. The fourth-order valence-corrected chi connectivity index (χ4v) is 2.47. The molecule has 0 amide bonds. The van der Waals surface area contributed by atoms with Crippen molar-refractivity contribution >= 4 is 5.97 Å². The van der Waals surface area contributed by atoms with E-state index < -0.39 is 11.9 Å². The predicted octanol–water partition coefficient (Wildman–Crippen LogP) is 3.02. The Kier molecular flexibility index (Phi) is 4.35. The summed E-state index contributed by atoms with van der Waals surface area (Å²) < 4.78 is 31.6. The predicted molar refractivity (Wildman–Crippen MR) is 65.6 cm³/mol. The highest BCUT2D eigenvalue weighted by molar-refractivity contribution is 5.66. The summed E-state index contributed by atoms with van der Waals surface area (Å²) in [7, 11) is 0. The monoisotopic (exact) mass is 288 g/mol. The Morgan fingerprint density at radius 1 is 1.45 bits per heavy atom. The van der Waals surface area contributed by atoms with E-state index in [2.05, 4.69) is 10.2 Å². The molecule has 7 heteroatoms. The minimum atomic E-state index is -2.57. The van der Waals surface area contributed by atoms with E-state index in [0.29, 0.717) is 31.0 Å². The average molecular weight is 288 g/mol. The van der Waals surface area contributed by atoms with Gasteiger partial charge in [-0.1, -0.05) is 6.92 Å². The summed E-state index contributed by atoms with van der Waals surface area (Å²) >= 11 is 0. The third-order valence-electron chi connectivity index (χ3n) is 3.59. The molecule has 0 spiro atoms. The zero-order valence-electron chi connectivity index (χ0n) is 11.3. The summed E-state index contributed by atoms with van der Waals surface area (Å²) in [6.07, 6.45) is 0.823. The lowest BCUT2D eigenvalue weighted by Gasteiger charge is -2.25. The topological polar surface area (TPSA) is 76.2 Å². The van der Waals surface area contributed by atoms with Crippen molar-refractivity contribution in [1.82, 2.24) is 10.2 Å². The molecular formula is C13H18F2N2O3. The van der Waals surface area contributed by atoms with E-state index in [-0.39, 0.29) is 31.1 Å². The van der Waals surface area contributed by atoms with Crippen molar-refractivity contribution in [1.29, 1.82) is 0 Å². The smallest absolute Gasteiger partial charge is 0.303 e. The molecule has 1 unspecified atom stereocenters. The van der Waals surface area contributed by atoms with Crippen LogP contribution in [0.1, 0.15) is 56.7 Å². The van der Waals surface area contributed by atoms with Crippen LogP contribution >= 0.6 is 0 Å². The Bertz CT molecular complexity index is 466. The number of nitrogens with zero attached hydrogens (tertiary/aromatic N) is 2. The number of alkyl halides is 2. The number of aliphatic carboxylic acids is 1. The maximum atomic E-state index is 13.1. The lowest BCUT2D eigenvalue weighted by Crippen LogP contribution is -2.23. The zero-order valence-corrected chi connectivity index (χ0v) is 11.3. The van der Waals surface area contributed by atoms with Crippen LogP contribution in [0.4, 0.5) is 8.78 Å². The van der Waals surface area contributed by atoms with E-state index in [0.717, 1.165) is 0 Å². The summed E-state index contributed by atoms with van der Waals surface area (Å²) in [6, 6.07) is 0. The van der Waals surface area contributed by atoms with Gasteiger partial charge in [-0.2, -0.15) is 0 Å². The molecule has 1 aliphatic carbocycles. The molecule has 1 fully saturated rings. The molecule has 0 aromatic carbocycles. The van der Waals surface area contributed by atoms with Crippen LogP contribution in [-0.2, 0) is 11.2 Å². The van der Waals surface area contributed by atoms with Gasteiger partial charge in [-0.05, 0) is 18.8 Å². The molecule has 112 valence electrons. The first-order chi connectivity index (χ1) is 9.35. The van der Waals surface area contributed by atoms with Gasteiger partial charge in [-0.3, -0.25) is 4.79 Å². The second-order valence-corrected chi connectivity index (χ2v) is 5.57. The molecule has 5 nitrogen and oxygen atoms in total. The second kappa shape index (κ2) is 5.85. The van der Waals surface area contributed by atoms with Crippen LogP contribution in [0.5, 0.6) is 0 Å². The minimum absolute atomic E-state index is 0.0351. The molecule has 0 radical (unpaired) electrons. The van der Waals surface area contributed by atoms with Crippen molar-refractivity contribution < 1.29 is 23.1 Å². The van der Waals surface area contributed by atoms with Gasteiger partial charge < -0.3 is 9.52 Å². The van der Waals surface area contributed by atoms with Crippen LogP contribution in [0.2, 0.25) is 0 Å². The molecule has 20 heavy (non-hydrogen) atoms.